The molecule has 1 amide bonds. The zero-order chi connectivity index (χ0) is 18.8. The fraction of sp³-hybridized carbons (Fsp3) is 0.778. The van der Waals surface area contributed by atoms with E-state index < -0.39 is 0 Å². The third kappa shape index (κ3) is 3.90. The molecule has 3 heterocycles. The van der Waals surface area contributed by atoms with Gasteiger partial charge in [0.2, 0.25) is 11.9 Å². The summed E-state index contributed by atoms with van der Waals surface area (Å²) >= 11 is 0. The molecule has 8 nitrogen and oxygen atoms in total. The second kappa shape index (κ2) is 7.73. The first-order valence-corrected chi connectivity index (χ1v) is 9.46. The van der Waals surface area contributed by atoms with Gasteiger partial charge in [-0.3, -0.25) is 19.8 Å². The van der Waals surface area contributed by atoms with Crippen molar-refractivity contribution in [3.05, 3.63) is 5.82 Å². The van der Waals surface area contributed by atoms with Crippen LogP contribution in [0.3, 0.4) is 0 Å². The second-order valence-electron chi connectivity index (χ2n) is 7.74. The number of likely N-dealkylation sites (tertiary alicyclic amines) is 1. The molecule has 2 aliphatic heterocycles. The lowest BCUT2D eigenvalue weighted by atomic mass is 9.91. The lowest BCUT2D eigenvalue weighted by Gasteiger charge is -2.39. The van der Waals surface area contributed by atoms with Gasteiger partial charge in [0.1, 0.15) is 5.82 Å². The Morgan fingerprint density at radius 3 is 2.58 bits per heavy atom. The number of piperidine rings is 1. The number of hydrogen-bond acceptors (Lipinski definition) is 6. The van der Waals surface area contributed by atoms with Crippen LogP contribution in [0.4, 0.5) is 5.95 Å². The van der Waals surface area contributed by atoms with Crippen molar-refractivity contribution in [2.75, 3.05) is 25.5 Å². The van der Waals surface area contributed by atoms with E-state index in [4.69, 9.17) is 4.74 Å². The number of esters is 1. The Morgan fingerprint density at radius 1 is 1.27 bits per heavy atom. The molecule has 0 aliphatic carbocycles. The molecule has 2 unspecified atom stereocenters. The highest BCUT2D eigenvalue weighted by atomic mass is 16.5. The van der Waals surface area contributed by atoms with Crippen LogP contribution in [0.1, 0.15) is 51.8 Å². The van der Waals surface area contributed by atoms with Crippen molar-refractivity contribution in [3.63, 3.8) is 0 Å². The van der Waals surface area contributed by atoms with E-state index in [1.807, 2.05) is 18.5 Å². The van der Waals surface area contributed by atoms with Crippen LogP contribution in [0.25, 0.3) is 0 Å². The third-order valence-electron chi connectivity index (χ3n) is 5.49. The van der Waals surface area contributed by atoms with Gasteiger partial charge in [-0.05, 0) is 32.4 Å². The van der Waals surface area contributed by atoms with Crippen molar-refractivity contribution in [1.29, 1.82) is 0 Å². The molecule has 1 N–H and O–H groups in total. The van der Waals surface area contributed by atoms with E-state index in [1.54, 1.807) is 0 Å². The quantitative estimate of drug-likeness (QED) is 0.818. The summed E-state index contributed by atoms with van der Waals surface area (Å²) in [6, 6.07) is 0.381. The van der Waals surface area contributed by atoms with E-state index in [2.05, 4.69) is 27.2 Å². The molecule has 144 valence electrons. The lowest BCUT2D eigenvalue weighted by molar-refractivity contribution is -0.147. The zero-order valence-electron chi connectivity index (χ0n) is 16.1. The van der Waals surface area contributed by atoms with Crippen LogP contribution < -0.4 is 5.32 Å². The Morgan fingerprint density at radius 2 is 1.96 bits per heavy atom. The maximum atomic E-state index is 11.9. The molecule has 0 aromatic carbocycles. The third-order valence-corrected chi connectivity index (χ3v) is 5.49. The Labute approximate surface area is 154 Å². The summed E-state index contributed by atoms with van der Waals surface area (Å²) in [6.07, 6.45) is 2.70. The van der Waals surface area contributed by atoms with E-state index in [0.717, 1.165) is 44.7 Å². The summed E-state index contributed by atoms with van der Waals surface area (Å²) in [5.41, 5.74) is 0. The van der Waals surface area contributed by atoms with Gasteiger partial charge in [-0.15, -0.1) is 5.10 Å². The fourth-order valence-electron chi connectivity index (χ4n) is 3.88. The molecule has 1 saturated heterocycles. The maximum Gasteiger partial charge on any atom is 0.308 e. The van der Waals surface area contributed by atoms with Crippen molar-refractivity contribution >= 4 is 17.8 Å². The largest absolute Gasteiger partial charge is 0.469 e. The molecular formula is C18H29N5O3. The minimum atomic E-state index is -0.100. The van der Waals surface area contributed by atoms with Gasteiger partial charge in [0.05, 0.1) is 19.6 Å². The molecule has 1 fully saturated rings. The Hall–Kier alpha value is -1.96. The van der Waals surface area contributed by atoms with Crippen molar-refractivity contribution in [3.8, 4) is 0 Å². The van der Waals surface area contributed by atoms with Crippen molar-refractivity contribution in [2.24, 2.45) is 11.8 Å². The van der Waals surface area contributed by atoms with Crippen LogP contribution in [-0.4, -0.2) is 57.8 Å². The summed E-state index contributed by atoms with van der Waals surface area (Å²) in [7, 11) is 1.46. The van der Waals surface area contributed by atoms with E-state index in [1.165, 1.54) is 7.11 Å². The summed E-state index contributed by atoms with van der Waals surface area (Å²) in [5.74, 6) is 1.38. The molecule has 8 heteroatoms. The van der Waals surface area contributed by atoms with Crippen LogP contribution >= 0.6 is 0 Å². The normalized spacial score (nSPS) is 24.3. The average Bonchev–Trinajstić information content (AvgIpc) is 3.04. The molecule has 0 spiro atoms. The number of rotatable bonds is 4. The van der Waals surface area contributed by atoms with Gasteiger partial charge in [-0.1, -0.05) is 20.8 Å². The number of ether oxygens (including phenoxy) is 1. The first-order chi connectivity index (χ1) is 12.4. The molecule has 0 bridgehead atoms. The number of nitrogens with zero attached hydrogens (tertiary/aromatic N) is 4. The van der Waals surface area contributed by atoms with Crippen molar-refractivity contribution < 1.29 is 14.3 Å². The standard InChI is InChI=1S/C18H29N5O3/c1-11(2)16(24)20-18-19-15-12(3)9-14(10-23(15)21-18)22-7-5-13(6-8-22)17(25)26-4/h11-14H,5-10H2,1-4H3,(H,20,21,24). The van der Waals surface area contributed by atoms with Crippen LogP contribution in [0.2, 0.25) is 0 Å². The molecule has 0 saturated carbocycles. The monoisotopic (exact) mass is 363 g/mol. The van der Waals surface area contributed by atoms with Crippen LogP contribution in [0, 0.1) is 11.8 Å². The van der Waals surface area contributed by atoms with Gasteiger partial charge in [-0.2, -0.15) is 4.98 Å². The second-order valence-corrected chi connectivity index (χ2v) is 7.74. The SMILES string of the molecule is COC(=O)C1CCN(C2CC(C)c3nc(NC(=O)C(C)C)nn3C2)CC1. The van der Waals surface area contributed by atoms with E-state index in [0.29, 0.717) is 12.0 Å². The summed E-state index contributed by atoms with van der Waals surface area (Å²) in [4.78, 5) is 30.6. The van der Waals surface area contributed by atoms with Crippen molar-refractivity contribution in [1.82, 2.24) is 19.7 Å². The Kier molecular flexibility index (Phi) is 5.60. The van der Waals surface area contributed by atoms with Crippen LogP contribution in [-0.2, 0) is 20.9 Å². The van der Waals surface area contributed by atoms with E-state index >= 15 is 0 Å². The number of amides is 1. The minimum Gasteiger partial charge on any atom is -0.469 e. The predicted octanol–water partition coefficient (Wildman–Crippen LogP) is 1.63. The molecule has 0 radical (unpaired) electrons. The minimum absolute atomic E-state index is 0.0250. The van der Waals surface area contributed by atoms with Gasteiger partial charge in [0.15, 0.2) is 0 Å². The number of hydrogen-bond donors (Lipinski definition) is 1. The van der Waals surface area contributed by atoms with Gasteiger partial charge in [0, 0.05) is 17.9 Å². The van der Waals surface area contributed by atoms with Gasteiger partial charge in [0.25, 0.3) is 0 Å². The molecular weight excluding hydrogens is 334 g/mol. The highest BCUT2D eigenvalue weighted by Gasteiger charge is 2.34. The summed E-state index contributed by atoms with van der Waals surface area (Å²) in [6.45, 7) is 8.43. The molecule has 2 aliphatic rings. The fourth-order valence-corrected chi connectivity index (χ4v) is 3.88. The van der Waals surface area contributed by atoms with Crippen molar-refractivity contribution in [2.45, 2.75) is 58.5 Å². The van der Waals surface area contributed by atoms with Crippen LogP contribution in [0.15, 0.2) is 0 Å². The Bertz CT molecular complexity index is 664. The van der Waals surface area contributed by atoms with Crippen LogP contribution in [0.5, 0.6) is 0 Å². The summed E-state index contributed by atoms with van der Waals surface area (Å²) in [5, 5.41) is 7.29. The first-order valence-electron chi connectivity index (χ1n) is 9.46. The predicted molar refractivity (Wildman–Crippen MR) is 96.6 cm³/mol. The van der Waals surface area contributed by atoms with Gasteiger partial charge < -0.3 is 4.74 Å². The molecule has 1 aromatic rings. The zero-order valence-corrected chi connectivity index (χ0v) is 16.1. The average molecular weight is 363 g/mol. The number of carbonyl (C=O) groups excluding carboxylic acids is 2. The van der Waals surface area contributed by atoms with E-state index in [9.17, 15) is 9.59 Å². The smallest absolute Gasteiger partial charge is 0.308 e. The molecule has 26 heavy (non-hydrogen) atoms. The maximum absolute atomic E-state index is 11.9. The lowest BCUT2D eigenvalue weighted by Crippen LogP contribution is -2.47. The molecule has 3 rings (SSSR count). The number of aromatic nitrogens is 3. The highest BCUT2D eigenvalue weighted by Crippen LogP contribution is 2.31. The Balaban J connectivity index is 1.64. The number of nitrogens with one attached hydrogen (secondary N) is 1. The summed E-state index contributed by atoms with van der Waals surface area (Å²) < 4.78 is 6.80. The van der Waals surface area contributed by atoms with E-state index in [-0.39, 0.29) is 29.6 Å². The first kappa shape index (κ1) is 18.8. The topological polar surface area (TPSA) is 89.3 Å². The van der Waals surface area contributed by atoms with Gasteiger partial charge >= 0.3 is 5.97 Å². The number of fused-ring (bicyclic) bond motifs is 1. The highest BCUT2D eigenvalue weighted by molar-refractivity contribution is 5.90. The molecule has 1 aromatic heterocycles. The molecule has 2 atom stereocenters. The number of anilines is 1. The number of methoxy groups -OCH3 is 1. The number of carbonyl (C=O) groups is 2. The van der Waals surface area contributed by atoms with Gasteiger partial charge in [-0.25, -0.2) is 4.68 Å².